The highest BCUT2D eigenvalue weighted by Crippen LogP contribution is 2.26. The molecule has 3 rings (SSSR count). The van der Waals surface area contributed by atoms with Gasteiger partial charge in [-0.25, -0.2) is 0 Å². The third kappa shape index (κ3) is 2.65. The van der Waals surface area contributed by atoms with Crippen LogP contribution in [0.4, 0.5) is 5.69 Å². The monoisotopic (exact) mass is 274 g/mol. The summed E-state index contributed by atoms with van der Waals surface area (Å²) >= 11 is 0. The SMILES string of the molecule is O=C1CCC(c2cc(N3CCNCC3)ccn2)C(=O)N1. The second-order valence-corrected chi connectivity index (χ2v) is 5.18. The highest BCUT2D eigenvalue weighted by Gasteiger charge is 2.29. The van der Waals surface area contributed by atoms with Crippen LogP contribution in [0.3, 0.4) is 0 Å². The van der Waals surface area contributed by atoms with E-state index in [4.69, 9.17) is 0 Å². The molecule has 0 radical (unpaired) electrons. The quantitative estimate of drug-likeness (QED) is 0.743. The molecular formula is C14H18N4O2. The number of nitrogens with zero attached hydrogens (tertiary/aromatic N) is 2. The Balaban J connectivity index is 1.80. The Morgan fingerprint density at radius 3 is 2.80 bits per heavy atom. The molecule has 2 aliphatic rings. The van der Waals surface area contributed by atoms with Crippen LogP contribution >= 0.6 is 0 Å². The first kappa shape index (κ1) is 13.1. The molecule has 2 fully saturated rings. The number of hydrogen-bond acceptors (Lipinski definition) is 5. The Morgan fingerprint density at radius 1 is 1.25 bits per heavy atom. The van der Waals surface area contributed by atoms with Gasteiger partial charge in [-0.1, -0.05) is 0 Å². The summed E-state index contributed by atoms with van der Waals surface area (Å²) in [5.41, 5.74) is 1.85. The summed E-state index contributed by atoms with van der Waals surface area (Å²) in [4.78, 5) is 29.7. The van der Waals surface area contributed by atoms with Crippen molar-refractivity contribution in [1.82, 2.24) is 15.6 Å². The summed E-state index contributed by atoms with van der Waals surface area (Å²) < 4.78 is 0. The molecule has 2 amide bonds. The molecule has 3 heterocycles. The van der Waals surface area contributed by atoms with Crippen LogP contribution in [-0.4, -0.2) is 43.0 Å². The van der Waals surface area contributed by atoms with E-state index in [1.54, 1.807) is 6.20 Å². The van der Waals surface area contributed by atoms with E-state index in [0.717, 1.165) is 37.6 Å². The van der Waals surface area contributed by atoms with E-state index in [-0.39, 0.29) is 17.7 Å². The second kappa shape index (κ2) is 5.58. The molecule has 0 aliphatic carbocycles. The zero-order valence-corrected chi connectivity index (χ0v) is 11.3. The highest BCUT2D eigenvalue weighted by atomic mass is 16.2. The molecule has 2 N–H and O–H groups in total. The molecular weight excluding hydrogens is 256 g/mol. The molecule has 2 saturated heterocycles. The first-order valence-corrected chi connectivity index (χ1v) is 6.99. The van der Waals surface area contributed by atoms with Crippen LogP contribution in [0.5, 0.6) is 0 Å². The Morgan fingerprint density at radius 2 is 2.05 bits per heavy atom. The van der Waals surface area contributed by atoms with Gasteiger partial charge in [-0.3, -0.25) is 19.9 Å². The summed E-state index contributed by atoms with van der Waals surface area (Å²) in [6.07, 6.45) is 2.68. The van der Waals surface area contributed by atoms with E-state index in [2.05, 4.69) is 20.5 Å². The lowest BCUT2D eigenvalue weighted by Gasteiger charge is -2.30. The van der Waals surface area contributed by atoms with Gasteiger partial charge in [-0.2, -0.15) is 0 Å². The molecule has 2 aliphatic heterocycles. The number of rotatable bonds is 2. The normalized spacial score (nSPS) is 23.6. The zero-order chi connectivity index (χ0) is 13.9. The minimum atomic E-state index is -0.310. The molecule has 6 heteroatoms. The predicted octanol–water partition coefficient (Wildman–Crippen LogP) is 0.0114. The fraction of sp³-hybridized carbons (Fsp3) is 0.500. The van der Waals surface area contributed by atoms with Crippen LogP contribution in [0, 0.1) is 0 Å². The fourth-order valence-electron chi connectivity index (χ4n) is 2.72. The molecule has 1 aromatic rings. The zero-order valence-electron chi connectivity index (χ0n) is 11.3. The minimum absolute atomic E-state index is 0.190. The maximum atomic E-state index is 11.9. The van der Waals surface area contributed by atoms with Crippen LogP contribution in [0.15, 0.2) is 18.3 Å². The van der Waals surface area contributed by atoms with Gasteiger partial charge in [0.1, 0.15) is 0 Å². The van der Waals surface area contributed by atoms with Crippen molar-refractivity contribution in [3.05, 3.63) is 24.0 Å². The summed E-state index contributed by atoms with van der Waals surface area (Å²) in [5.74, 6) is -0.730. The summed E-state index contributed by atoms with van der Waals surface area (Å²) in [6, 6.07) is 3.95. The van der Waals surface area contributed by atoms with Crippen molar-refractivity contribution in [3.63, 3.8) is 0 Å². The van der Waals surface area contributed by atoms with Crippen molar-refractivity contribution in [2.45, 2.75) is 18.8 Å². The number of pyridine rings is 1. The van der Waals surface area contributed by atoms with Crippen LogP contribution in [0.2, 0.25) is 0 Å². The average molecular weight is 274 g/mol. The van der Waals surface area contributed by atoms with Crippen molar-refractivity contribution in [2.75, 3.05) is 31.1 Å². The summed E-state index contributed by atoms with van der Waals surface area (Å²) in [5, 5.41) is 5.70. The average Bonchev–Trinajstić information content (AvgIpc) is 2.48. The molecule has 0 aromatic carbocycles. The van der Waals surface area contributed by atoms with Crippen molar-refractivity contribution >= 4 is 17.5 Å². The Bertz CT molecular complexity index is 526. The van der Waals surface area contributed by atoms with Gasteiger partial charge in [0.05, 0.1) is 11.6 Å². The van der Waals surface area contributed by atoms with Crippen molar-refractivity contribution < 1.29 is 9.59 Å². The van der Waals surface area contributed by atoms with E-state index >= 15 is 0 Å². The maximum Gasteiger partial charge on any atom is 0.235 e. The molecule has 106 valence electrons. The van der Waals surface area contributed by atoms with Crippen molar-refractivity contribution in [3.8, 4) is 0 Å². The molecule has 0 saturated carbocycles. The number of amides is 2. The van der Waals surface area contributed by atoms with Gasteiger partial charge < -0.3 is 10.2 Å². The molecule has 20 heavy (non-hydrogen) atoms. The smallest absolute Gasteiger partial charge is 0.235 e. The lowest BCUT2D eigenvalue weighted by molar-refractivity contribution is -0.134. The number of carbonyl (C=O) groups excluding carboxylic acids is 2. The highest BCUT2D eigenvalue weighted by molar-refractivity contribution is 6.00. The first-order valence-electron chi connectivity index (χ1n) is 6.99. The standard InChI is InChI=1S/C14H18N4O2/c19-13-2-1-11(14(20)17-13)12-9-10(3-4-16-12)18-7-5-15-6-8-18/h3-4,9,11,15H,1-2,5-8H2,(H,17,19,20). The number of imide groups is 1. The first-order chi connectivity index (χ1) is 9.74. The van der Waals surface area contributed by atoms with E-state index in [1.165, 1.54) is 0 Å². The van der Waals surface area contributed by atoms with Gasteiger partial charge in [0.2, 0.25) is 11.8 Å². The van der Waals surface area contributed by atoms with Crippen molar-refractivity contribution in [2.24, 2.45) is 0 Å². The number of nitrogens with one attached hydrogen (secondary N) is 2. The van der Waals surface area contributed by atoms with E-state index in [1.807, 2.05) is 12.1 Å². The number of carbonyl (C=O) groups is 2. The number of aromatic nitrogens is 1. The van der Waals surface area contributed by atoms with Crippen LogP contribution < -0.4 is 15.5 Å². The lowest BCUT2D eigenvalue weighted by atomic mass is 9.94. The van der Waals surface area contributed by atoms with Crippen LogP contribution in [0.1, 0.15) is 24.5 Å². The van der Waals surface area contributed by atoms with Gasteiger partial charge in [0, 0.05) is 44.5 Å². The van der Waals surface area contributed by atoms with Gasteiger partial charge in [0.15, 0.2) is 0 Å². The Hall–Kier alpha value is -1.95. The van der Waals surface area contributed by atoms with E-state index in [0.29, 0.717) is 12.8 Å². The van der Waals surface area contributed by atoms with Gasteiger partial charge in [-0.15, -0.1) is 0 Å². The van der Waals surface area contributed by atoms with Gasteiger partial charge >= 0.3 is 0 Å². The summed E-state index contributed by atoms with van der Waals surface area (Å²) in [7, 11) is 0. The maximum absolute atomic E-state index is 11.9. The largest absolute Gasteiger partial charge is 0.369 e. The number of piperidine rings is 1. The van der Waals surface area contributed by atoms with Crippen LogP contribution in [0.25, 0.3) is 0 Å². The fourth-order valence-corrected chi connectivity index (χ4v) is 2.72. The topological polar surface area (TPSA) is 74.3 Å². The van der Waals surface area contributed by atoms with E-state index < -0.39 is 0 Å². The van der Waals surface area contributed by atoms with E-state index in [9.17, 15) is 9.59 Å². The third-order valence-corrected chi connectivity index (χ3v) is 3.84. The molecule has 1 unspecified atom stereocenters. The summed E-state index contributed by atoms with van der Waals surface area (Å²) in [6.45, 7) is 3.85. The third-order valence-electron chi connectivity index (χ3n) is 3.84. The van der Waals surface area contributed by atoms with Gasteiger partial charge in [0.25, 0.3) is 0 Å². The predicted molar refractivity (Wildman–Crippen MR) is 74.4 cm³/mol. The number of piperazine rings is 1. The van der Waals surface area contributed by atoms with Gasteiger partial charge in [-0.05, 0) is 18.6 Å². The Labute approximate surface area is 117 Å². The molecule has 0 spiro atoms. The molecule has 0 bridgehead atoms. The Kier molecular flexibility index (Phi) is 3.64. The molecule has 1 atom stereocenters. The van der Waals surface area contributed by atoms with Crippen molar-refractivity contribution in [1.29, 1.82) is 0 Å². The molecule has 1 aromatic heterocycles. The number of anilines is 1. The lowest BCUT2D eigenvalue weighted by Crippen LogP contribution is -2.43. The number of hydrogen-bond donors (Lipinski definition) is 2. The molecule has 6 nitrogen and oxygen atoms in total. The second-order valence-electron chi connectivity index (χ2n) is 5.18. The van der Waals surface area contributed by atoms with Crippen LogP contribution in [-0.2, 0) is 9.59 Å². The minimum Gasteiger partial charge on any atom is -0.369 e.